The number of aromatic carboxylic acids is 1. The van der Waals surface area contributed by atoms with Crippen molar-refractivity contribution in [2.45, 2.75) is 18.9 Å². The van der Waals surface area contributed by atoms with Crippen molar-refractivity contribution in [2.75, 3.05) is 13.1 Å². The maximum Gasteiger partial charge on any atom is 0.345 e. The third kappa shape index (κ3) is 3.88. The number of halogens is 1. The molecule has 1 fully saturated rings. The summed E-state index contributed by atoms with van der Waals surface area (Å²) in [6.45, 7) is 1.00. The molecule has 1 aromatic heterocycles. The van der Waals surface area contributed by atoms with Gasteiger partial charge in [0.05, 0.1) is 11.0 Å². The molecule has 25 heavy (non-hydrogen) atoms. The fraction of sp³-hybridized carbons (Fsp3) is 0.333. The largest absolute Gasteiger partial charge is 0.477 e. The number of hydrogen-bond donors (Lipinski definition) is 2. The van der Waals surface area contributed by atoms with Gasteiger partial charge >= 0.3 is 5.97 Å². The van der Waals surface area contributed by atoms with Crippen LogP contribution < -0.4 is 0 Å². The Kier molecular flexibility index (Phi) is 5.15. The summed E-state index contributed by atoms with van der Waals surface area (Å²) < 4.78 is 13.0. The summed E-state index contributed by atoms with van der Waals surface area (Å²) in [4.78, 5) is 25.6. The second-order valence-corrected chi connectivity index (χ2v) is 7.18. The number of carbonyl (C=O) groups excluding carboxylic acids is 1. The Morgan fingerprint density at radius 3 is 2.24 bits per heavy atom. The highest BCUT2D eigenvalue weighted by Gasteiger charge is 2.29. The number of carboxylic acid groups (broad SMARTS) is 1. The zero-order valence-electron chi connectivity index (χ0n) is 13.4. The van der Waals surface area contributed by atoms with Gasteiger partial charge in [-0.15, -0.1) is 11.3 Å². The van der Waals surface area contributed by atoms with E-state index in [1.54, 1.807) is 17.0 Å². The van der Waals surface area contributed by atoms with Gasteiger partial charge in [-0.25, -0.2) is 9.18 Å². The number of aliphatic hydroxyl groups excluding tert-OH is 1. The van der Waals surface area contributed by atoms with E-state index < -0.39 is 12.1 Å². The van der Waals surface area contributed by atoms with Crippen LogP contribution in [0.2, 0.25) is 0 Å². The predicted octanol–water partition coefficient (Wildman–Crippen LogP) is 3.17. The lowest BCUT2D eigenvalue weighted by molar-refractivity contribution is 0.0465. The van der Waals surface area contributed by atoms with E-state index in [1.807, 2.05) is 0 Å². The first kappa shape index (κ1) is 17.6. The van der Waals surface area contributed by atoms with Crippen LogP contribution in [-0.4, -0.2) is 40.1 Å². The minimum atomic E-state index is -1.04. The second kappa shape index (κ2) is 7.33. The van der Waals surface area contributed by atoms with Crippen molar-refractivity contribution in [1.29, 1.82) is 0 Å². The van der Waals surface area contributed by atoms with E-state index in [4.69, 9.17) is 5.11 Å². The van der Waals surface area contributed by atoms with E-state index in [1.165, 1.54) is 24.3 Å². The lowest BCUT2D eigenvalue weighted by Crippen LogP contribution is -2.39. The number of piperidine rings is 1. The number of benzene rings is 1. The number of hydrogen-bond acceptors (Lipinski definition) is 4. The molecule has 0 radical (unpaired) electrons. The van der Waals surface area contributed by atoms with Crippen molar-refractivity contribution in [3.05, 3.63) is 57.5 Å². The zero-order chi connectivity index (χ0) is 18.0. The highest BCUT2D eigenvalue weighted by molar-refractivity contribution is 7.15. The molecule has 1 amide bonds. The molecule has 2 aromatic rings. The van der Waals surface area contributed by atoms with Crippen LogP contribution in [0.5, 0.6) is 0 Å². The average molecular weight is 363 g/mol. The summed E-state index contributed by atoms with van der Waals surface area (Å²) in [5.41, 5.74) is 0.676. The molecule has 1 aliphatic rings. The van der Waals surface area contributed by atoms with E-state index in [-0.39, 0.29) is 22.5 Å². The van der Waals surface area contributed by atoms with E-state index in [0.717, 1.165) is 11.3 Å². The Bertz CT molecular complexity index is 766. The molecule has 5 nitrogen and oxygen atoms in total. The third-order valence-electron chi connectivity index (χ3n) is 4.51. The van der Waals surface area contributed by atoms with Crippen LogP contribution in [0.15, 0.2) is 36.4 Å². The van der Waals surface area contributed by atoms with Crippen LogP contribution in [0, 0.1) is 11.7 Å². The number of carboxylic acids is 1. The highest BCUT2D eigenvalue weighted by atomic mass is 32.1. The lowest BCUT2D eigenvalue weighted by atomic mass is 9.87. The van der Waals surface area contributed by atoms with Crippen LogP contribution in [-0.2, 0) is 0 Å². The zero-order valence-corrected chi connectivity index (χ0v) is 14.2. The van der Waals surface area contributed by atoms with Crippen molar-refractivity contribution in [3.63, 3.8) is 0 Å². The smallest absolute Gasteiger partial charge is 0.345 e. The summed E-state index contributed by atoms with van der Waals surface area (Å²) in [6, 6.07) is 8.79. The average Bonchev–Trinajstić information content (AvgIpc) is 3.12. The first-order chi connectivity index (χ1) is 12.0. The molecule has 132 valence electrons. The van der Waals surface area contributed by atoms with Crippen LogP contribution >= 0.6 is 11.3 Å². The summed E-state index contributed by atoms with van der Waals surface area (Å²) in [6.07, 6.45) is 0.598. The van der Waals surface area contributed by atoms with Crippen LogP contribution in [0.3, 0.4) is 0 Å². The summed E-state index contributed by atoms with van der Waals surface area (Å²) in [5.74, 6) is -1.54. The Hall–Kier alpha value is -2.25. The van der Waals surface area contributed by atoms with Gasteiger partial charge in [-0.1, -0.05) is 12.1 Å². The van der Waals surface area contributed by atoms with Crippen molar-refractivity contribution in [1.82, 2.24) is 4.90 Å². The topological polar surface area (TPSA) is 77.8 Å². The maximum atomic E-state index is 13.0. The molecule has 1 atom stereocenters. The van der Waals surface area contributed by atoms with E-state index in [2.05, 4.69) is 0 Å². The third-order valence-corrected chi connectivity index (χ3v) is 5.57. The highest BCUT2D eigenvalue weighted by Crippen LogP contribution is 2.31. The molecule has 3 rings (SSSR count). The standard InChI is InChI=1S/C18H18FNO4S/c19-13-3-1-11(2-4-13)16(21)12-7-9-20(10-8-12)17(22)14-5-6-15(25-14)18(23)24/h1-6,12,16,21H,7-10H2,(H,23,24)/t16-/m0/s1. The summed E-state index contributed by atoms with van der Waals surface area (Å²) >= 11 is 0.972. The molecule has 7 heteroatoms. The first-order valence-electron chi connectivity index (χ1n) is 8.01. The molecular weight excluding hydrogens is 345 g/mol. The van der Waals surface area contributed by atoms with Crippen LogP contribution in [0.1, 0.15) is 43.9 Å². The number of likely N-dealkylation sites (tertiary alicyclic amines) is 1. The van der Waals surface area contributed by atoms with Gasteiger partial charge in [0.15, 0.2) is 0 Å². The second-order valence-electron chi connectivity index (χ2n) is 6.10. The summed E-state index contributed by atoms with van der Waals surface area (Å²) in [5, 5.41) is 19.4. The predicted molar refractivity (Wildman–Crippen MR) is 91.3 cm³/mol. The Labute approximate surface area is 148 Å². The van der Waals surface area contributed by atoms with Gasteiger partial charge in [0, 0.05) is 13.1 Å². The molecule has 2 heterocycles. The van der Waals surface area contributed by atoms with Gasteiger partial charge in [-0.3, -0.25) is 4.79 Å². The van der Waals surface area contributed by atoms with Gasteiger partial charge in [-0.05, 0) is 48.6 Å². The lowest BCUT2D eigenvalue weighted by Gasteiger charge is -2.34. The summed E-state index contributed by atoms with van der Waals surface area (Å²) in [7, 11) is 0. The maximum absolute atomic E-state index is 13.0. The molecule has 0 bridgehead atoms. The fourth-order valence-corrected chi connectivity index (χ4v) is 3.89. The fourth-order valence-electron chi connectivity index (χ4n) is 3.07. The van der Waals surface area contributed by atoms with Crippen molar-refractivity contribution in [3.8, 4) is 0 Å². The number of carbonyl (C=O) groups is 2. The molecule has 0 unspecified atom stereocenters. The van der Waals surface area contributed by atoms with E-state index in [9.17, 15) is 19.1 Å². The Morgan fingerprint density at radius 2 is 1.68 bits per heavy atom. The molecule has 0 saturated carbocycles. The number of aliphatic hydroxyl groups is 1. The number of thiophene rings is 1. The molecule has 1 aliphatic heterocycles. The molecule has 0 spiro atoms. The molecule has 2 N–H and O–H groups in total. The quantitative estimate of drug-likeness (QED) is 0.875. The SMILES string of the molecule is O=C(O)c1ccc(C(=O)N2CCC([C@@H](O)c3ccc(F)cc3)CC2)s1. The number of rotatable bonds is 4. The minimum Gasteiger partial charge on any atom is -0.477 e. The van der Waals surface area contributed by atoms with Gasteiger partial charge in [-0.2, -0.15) is 0 Å². The van der Waals surface area contributed by atoms with Crippen molar-refractivity contribution < 1.29 is 24.2 Å². The van der Waals surface area contributed by atoms with E-state index >= 15 is 0 Å². The molecule has 0 aliphatic carbocycles. The van der Waals surface area contributed by atoms with Gasteiger partial charge < -0.3 is 15.1 Å². The van der Waals surface area contributed by atoms with Gasteiger partial charge in [0.25, 0.3) is 5.91 Å². The van der Waals surface area contributed by atoms with Crippen LogP contribution in [0.25, 0.3) is 0 Å². The first-order valence-corrected chi connectivity index (χ1v) is 8.83. The van der Waals surface area contributed by atoms with Crippen molar-refractivity contribution >= 4 is 23.2 Å². The Morgan fingerprint density at radius 1 is 1.08 bits per heavy atom. The van der Waals surface area contributed by atoms with Crippen LogP contribution in [0.4, 0.5) is 4.39 Å². The Balaban J connectivity index is 1.60. The van der Waals surface area contributed by atoms with Gasteiger partial charge in [0.1, 0.15) is 10.7 Å². The minimum absolute atomic E-state index is 0.00688. The molecule has 1 saturated heterocycles. The number of nitrogens with zero attached hydrogens (tertiary/aromatic N) is 1. The van der Waals surface area contributed by atoms with E-state index in [0.29, 0.717) is 36.4 Å². The molecular formula is C18H18FNO4S. The monoisotopic (exact) mass is 363 g/mol. The normalized spacial score (nSPS) is 16.6. The number of amides is 1. The van der Waals surface area contributed by atoms with Crippen molar-refractivity contribution in [2.24, 2.45) is 5.92 Å². The van der Waals surface area contributed by atoms with Gasteiger partial charge in [0.2, 0.25) is 0 Å². The molecule has 1 aromatic carbocycles.